The van der Waals surface area contributed by atoms with Crippen LogP contribution in [0.4, 0.5) is 0 Å². The molecular formula is C17H22O3. The molecule has 3 nitrogen and oxygen atoms in total. The monoisotopic (exact) mass is 274 g/mol. The molecule has 0 saturated heterocycles. The van der Waals surface area contributed by atoms with Gasteiger partial charge in [0.05, 0.1) is 6.61 Å². The van der Waals surface area contributed by atoms with Crippen LogP contribution in [0.15, 0.2) is 24.3 Å². The van der Waals surface area contributed by atoms with Gasteiger partial charge in [0.1, 0.15) is 0 Å². The van der Waals surface area contributed by atoms with Gasteiger partial charge in [-0.2, -0.15) is 0 Å². The lowest BCUT2D eigenvalue weighted by atomic mass is 9.83. The fraction of sp³-hybridized carbons (Fsp3) is 0.588. The van der Waals surface area contributed by atoms with Crippen molar-refractivity contribution in [3.63, 3.8) is 0 Å². The summed E-state index contributed by atoms with van der Waals surface area (Å²) in [7, 11) is 0. The first-order valence-electron chi connectivity index (χ1n) is 7.62. The standard InChI is InChI=1S/C17H22O3/c1-2-20-17(19)16(18)15-13-7-8-14(15)10-12-6-4-3-5-11(12)9-13/h3-6,13-16,18H,2,7-10H2,1H3. The average Bonchev–Trinajstić information content (AvgIpc) is 2.73. The number of esters is 1. The largest absolute Gasteiger partial charge is 0.464 e. The Bertz CT molecular complexity index is 464. The van der Waals surface area contributed by atoms with E-state index in [0.717, 1.165) is 25.7 Å². The van der Waals surface area contributed by atoms with Crippen molar-refractivity contribution in [1.82, 2.24) is 0 Å². The smallest absolute Gasteiger partial charge is 0.335 e. The zero-order valence-electron chi connectivity index (χ0n) is 11.9. The third kappa shape index (κ3) is 2.35. The maximum Gasteiger partial charge on any atom is 0.335 e. The molecule has 108 valence electrons. The Morgan fingerprint density at radius 1 is 1.25 bits per heavy atom. The second kappa shape index (κ2) is 5.57. The molecule has 3 atom stereocenters. The minimum Gasteiger partial charge on any atom is -0.464 e. The molecule has 1 aromatic rings. The van der Waals surface area contributed by atoms with E-state index >= 15 is 0 Å². The predicted molar refractivity (Wildman–Crippen MR) is 76.2 cm³/mol. The maximum absolute atomic E-state index is 11.9. The van der Waals surface area contributed by atoms with E-state index in [1.165, 1.54) is 11.1 Å². The van der Waals surface area contributed by atoms with Crippen LogP contribution in [0.3, 0.4) is 0 Å². The molecule has 1 aromatic carbocycles. The first-order valence-corrected chi connectivity index (χ1v) is 7.62. The fourth-order valence-electron chi connectivity index (χ4n) is 4.10. The molecule has 20 heavy (non-hydrogen) atoms. The van der Waals surface area contributed by atoms with E-state index < -0.39 is 12.1 Å². The number of rotatable bonds is 3. The van der Waals surface area contributed by atoms with Crippen LogP contribution < -0.4 is 0 Å². The van der Waals surface area contributed by atoms with Crippen molar-refractivity contribution in [3.05, 3.63) is 35.4 Å². The number of hydrogen-bond donors (Lipinski definition) is 1. The lowest BCUT2D eigenvalue weighted by Crippen LogP contribution is -2.37. The summed E-state index contributed by atoms with van der Waals surface area (Å²) in [6, 6.07) is 8.52. The highest BCUT2D eigenvalue weighted by Gasteiger charge is 2.45. The number of hydrogen-bond acceptors (Lipinski definition) is 3. The van der Waals surface area contributed by atoms with E-state index in [9.17, 15) is 9.90 Å². The number of ether oxygens (including phenoxy) is 1. The first-order chi connectivity index (χ1) is 9.70. The van der Waals surface area contributed by atoms with E-state index in [1.807, 2.05) is 0 Å². The number of carbonyl (C=O) groups excluding carboxylic acids is 1. The molecule has 1 saturated carbocycles. The van der Waals surface area contributed by atoms with Gasteiger partial charge in [-0.05, 0) is 55.6 Å². The minimum absolute atomic E-state index is 0.0569. The van der Waals surface area contributed by atoms with Gasteiger partial charge < -0.3 is 9.84 Å². The molecule has 1 fully saturated rings. The molecule has 3 heteroatoms. The Kier molecular flexibility index (Phi) is 3.79. The molecule has 0 radical (unpaired) electrons. The summed E-state index contributed by atoms with van der Waals surface area (Å²) in [5.41, 5.74) is 2.78. The van der Waals surface area contributed by atoms with E-state index in [-0.39, 0.29) is 5.92 Å². The molecule has 0 aromatic heterocycles. The van der Waals surface area contributed by atoms with E-state index in [0.29, 0.717) is 18.4 Å². The minimum atomic E-state index is -0.957. The Morgan fingerprint density at radius 2 is 1.80 bits per heavy atom. The van der Waals surface area contributed by atoms with E-state index in [1.54, 1.807) is 6.92 Å². The van der Waals surface area contributed by atoms with Crippen LogP contribution in [0.5, 0.6) is 0 Å². The van der Waals surface area contributed by atoms with Gasteiger partial charge in [0.2, 0.25) is 0 Å². The van der Waals surface area contributed by atoms with Gasteiger partial charge >= 0.3 is 5.97 Å². The quantitative estimate of drug-likeness (QED) is 0.861. The highest BCUT2D eigenvalue weighted by Crippen LogP contribution is 2.46. The average molecular weight is 274 g/mol. The van der Waals surface area contributed by atoms with Crippen molar-refractivity contribution in [2.24, 2.45) is 17.8 Å². The molecule has 2 aliphatic carbocycles. The normalized spacial score (nSPS) is 29.4. The summed E-state index contributed by atoms with van der Waals surface area (Å²) in [6.07, 6.45) is 3.23. The van der Waals surface area contributed by atoms with Crippen molar-refractivity contribution in [1.29, 1.82) is 0 Å². The summed E-state index contributed by atoms with van der Waals surface area (Å²) < 4.78 is 5.01. The van der Waals surface area contributed by atoms with Crippen LogP contribution >= 0.6 is 0 Å². The Labute approximate surface area is 120 Å². The summed E-state index contributed by atoms with van der Waals surface area (Å²) in [6.45, 7) is 2.11. The number of benzene rings is 1. The first kappa shape index (κ1) is 13.6. The molecule has 3 rings (SSSR count). The third-order valence-corrected chi connectivity index (χ3v) is 4.97. The van der Waals surface area contributed by atoms with Crippen molar-refractivity contribution in [3.8, 4) is 0 Å². The SMILES string of the molecule is CCOC(=O)C(O)C1C2CCC1Cc1ccccc1C2. The summed E-state index contributed by atoms with van der Waals surface area (Å²) >= 11 is 0. The molecule has 0 aliphatic heterocycles. The zero-order valence-corrected chi connectivity index (χ0v) is 11.9. The van der Waals surface area contributed by atoms with Crippen molar-refractivity contribution >= 4 is 5.97 Å². The van der Waals surface area contributed by atoms with Gasteiger partial charge in [0.25, 0.3) is 0 Å². The predicted octanol–water partition coefficient (Wildman–Crippen LogP) is 2.35. The lowest BCUT2D eigenvalue weighted by molar-refractivity contribution is -0.158. The molecule has 0 spiro atoms. The van der Waals surface area contributed by atoms with Gasteiger partial charge in [-0.3, -0.25) is 0 Å². The Morgan fingerprint density at radius 3 is 2.30 bits per heavy atom. The van der Waals surface area contributed by atoms with Crippen LogP contribution in [-0.4, -0.2) is 23.8 Å². The molecule has 0 heterocycles. The van der Waals surface area contributed by atoms with Crippen LogP contribution in [0.1, 0.15) is 30.9 Å². The van der Waals surface area contributed by atoms with Crippen molar-refractivity contribution in [2.45, 2.75) is 38.7 Å². The fourth-order valence-corrected chi connectivity index (χ4v) is 4.10. The Balaban J connectivity index is 1.84. The molecule has 3 unspecified atom stereocenters. The van der Waals surface area contributed by atoms with Gasteiger partial charge in [-0.15, -0.1) is 0 Å². The summed E-state index contributed by atoms with van der Waals surface area (Å²) in [4.78, 5) is 11.9. The maximum atomic E-state index is 11.9. The molecule has 0 amide bonds. The van der Waals surface area contributed by atoms with Gasteiger partial charge in [0, 0.05) is 5.92 Å². The zero-order chi connectivity index (χ0) is 14.1. The number of aliphatic hydroxyl groups is 1. The number of fused-ring (bicyclic) bond motifs is 3. The van der Waals surface area contributed by atoms with E-state index in [2.05, 4.69) is 24.3 Å². The number of carbonyl (C=O) groups is 1. The molecule has 2 aliphatic rings. The molecular weight excluding hydrogens is 252 g/mol. The number of aliphatic hydroxyl groups excluding tert-OH is 1. The summed E-state index contributed by atoms with van der Waals surface area (Å²) in [5, 5.41) is 10.4. The topological polar surface area (TPSA) is 46.5 Å². The highest BCUT2D eigenvalue weighted by molar-refractivity contribution is 5.75. The highest BCUT2D eigenvalue weighted by atomic mass is 16.5. The van der Waals surface area contributed by atoms with Crippen molar-refractivity contribution in [2.75, 3.05) is 6.61 Å². The van der Waals surface area contributed by atoms with Gasteiger partial charge in [0.15, 0.2) is 6.10 Å². The molecule has 1 N–H and O–H groups in total. The molecule has 2 bridgehead atoms. The van der Waals surface area contributed by atoms with E-state index in [4.69, 9.17) is 4.74 Å². The van der Waals surface area contributed by atoms with Crippen LogP contribution in [0.2, 0.25) is 0 Å². The van der Waals surface area contributed by atoms with Crippen LogP contribution in [-0.2, 0) is 22.4 Å². The third-order valence-electron chi connectivity index (χ3n) is 4.97. The lowest BCUT2D eigenvalue weighted by Gasteiger charge is -2.26. The van der Waals surface area contributed by atoms with Gasteiger partial charge in [-0.25, -0.2) is 4.79 Å². The van der Waals surface area contributed by atoms with Crippen molar-refractivity contribution < 1.29 is 14.6 Å². The Hall–Kier alpha value is -1.35. The van der Waals surface area contributed by atoms with Crippen LogP contribution in [0.25, 0.3) is 0 Å². The van der Waals surface area contributed by atoms with Gasteiger partial charge in [-0.1, -0.05) is 24.3 Å². The van der Waals surface area contributed by atoms with Crippen LogP contribution in [0, 0.1) is 17.8 Å². The summed E-state index contributed by atoms with van der Waals surface area (Å²) in [5.74, 6) is 0.424. The second-order valence-corrected chi connectivity index (χ2v) is 6.05. The second-order valence-electron chi connectivity index (χ2n) is 6.05.